The van der Waals surface area contributed by atoms with Crippen molar-refractivity contribution in [3.8, 4) is 0 Å². The van der Waals surface area contributed by atoms with Gasteiger partial charge < -0.3 is 10.1 Å². The highest BCUT2D eigenvalue weighted by Gasteiger charge is 2.38. The highest BCUT2D eigenvalue weighted by Crippen LogP contribution is 2.26. The first kappa shape index (κ1) is 18.4. The third-order valence-corrected chi connectivity index (χ3v) is 5.86. The Morgan fingerprint density at radius 2 is 2.07 bits per heavy atom. The molecule has 4 rings (SSSR count). The maximum absolute atomic E-state index is 13.0. The van der Waals surface area contributed by atoms with Crippen molar-refractivity contribution in [2.45, 2.75) is 52.3 Å². The van der Waals surface area contributed by atoms with Crippen LogP contribution in [0, 0.1) is 19.8 Å². The van der Waals surface area contributed by atoms with Crippen LogP contribution in [0.1, 0.15) is 41.9 Å². The van der Waals surface area contributed by atoms with Gasteiger partial charge >= 0.3 is 0 Å². The SMILES string of the molecule is Cc1ccc2c(C(=O)N[C@H]3C[C@H]4CO[C@H](C(C)C)CN4C3)cc(C)nc2c1. The van der Waals surface area contributed by atoms with Crippen LogP contribution in [-0.4, -0.2) is 53.7 Å². The molecule has 0 saturated carbocycles. The summed E-state index contributed by atoms with van der Waals surface area (Å²) in [5.74, 6) is 0.523. The Bertz CT molecular complexity index is 859. The van der Waals surface area contributed by atoms with Crippen molar-refractivity contribution in [2.75, 3.05) is 19.7 Å². The predicted molar refractivity (Wildman–Crippen MR) is 107 cm³/mol. The maximum atomic E-state index is 13.0. The van der Waals surface area contributed by atoms with Crippen LogP contribution in [-0.2, 0) is 4.74 Å². The number of pyridine rings is 1. The first-order chi connectivity index (χ1) is 12.9. The summed E-state index contributed by atoms with van der Waals surface area (Å²) in [7, 11) is 0. The van der Waals surface area contributed by atoms with Gasteiger partial charge in [-0.1, -0.05) is 26.0 Å². The molecule has 2 aromatic rings. The predicted octanol–water partition coefficient (Wildman–Crippen LogP) is 3.08. The van der Waals surface area contributed by atoms with Crippen LogP contribution in [0.2, 0.25) is 0 Å². The van der Waals surface area contributed by atoms with Gasteiger partial charge in [0.2, 0.25) is 0 Å². The number of nitrogens with one attached hydrogen (secondary N) is 1. The molecule has 2 aliphatic heterocycles. The Hall–Kier alpha value is -1.98. The van der Waals surface area contributed by atoms with Gasteiger partial charge in [-0.2, -0.15) is 0 Å². The van der Waals surface area contributed by atoms with E-state index in [0.29, 0.717) is 18.1 Å². The summed E-state index contributed by atoms with van der Waals surface area (Å²) in [5, 5.41) is 4.18. The Kier molecular flexibility index (Phi) is 4.91. The average Bonchev–Trinajstić information content (AvgIpc) is 3.01. The summed E-state index contributed by atoms with van der Waals surface area (Å²) in [6.45, 7) is 11.0. The fourth-order valence-corrected chi connectivity index (χ4v) is 4.33. The molecule has 2 aliphatic rings. The molecule has 3 heterocycles. The highest BCUT2D eigenvalue weighted by atomic mass is 16.5. The number of fused-ring (bicyclic) bond motifs is 2. The number of amides is 1. The van der Waals surface area contributed by atoms with Crippen LogP contribution >= 0.6 is 0 Å². The van der Waals surface area contributed by atoms with Gasteiger partial charge in [-0.15, -0.1) is 0 Å². The number of hydrogen-bond acceptors (Lipinski definition) is 4. The second-order valence-corrected chi connectivity index (χ2v) is 8.46. The van der Waals surface area contributed by atoms with E-state index in [-0.39, 0.29) is 11.9 Å². The summed E-state index contributed by atoms with van der Waals surface area (Å²) in [6.07, 6.45) is 1.25. The van der Waals surface area contributed by atoms with Gasteiger partial charge in [0, 0.05) is 36.3 Å². The Labute approximate surface area is 161 Å². The fraction of sp³-hybridized carbons (Fsp3) is 0.545. The number of morpholine rings is 1. The lowest BCUT2D eigenvalue weighted by atomic mass is 10.0. The number of rotatable bonds is 3. The number of ether oxygens (including phenoxy) is 1. The lowest BCUT2D eigenvalue weighted by Crippen LogP contribution is -2.48. The van der Waals surface area contributed by atoms with Gasteiger partial charge in [-0.05, 0) is 43.9 Å². The van der Waals surface area contributed by atoms with Crippen molar-refractivity contribution < 1.29 is 9.53 Å². The molecular formula is C22H29N3O2. The molecule has 0 spiro atoms. The van der Waals surface area contributed by atoms with Crippen molar-refractivity contribution in [2.24, 2.45) is 5.92 Å². The van der Waals surface area contributed by atoms with Crippen molar-refractivity contribution in [1.29, 1.82) is 0 Å². The lowest BCUT2D eigenvalue weighted by Gasteiger charge is -2.36. The van der Waals surface area contributed by atoms with Crippen molar-refractivity contribution in [1.82, 2.24) is 15.2 Å². The molecule has 0 unspecified atom stereocenters. The van der Waals surface area contributed by atoms with E-state index in [1.54, 1.807) is 0 Å². The summed E-state index contributed by atoms with van der Waals surface area (Å²) in [6, 6.07) is 8.57. The Balaban J connectivity index is 1.50. The van der Waals surface area contributed by atoms with E-state index in [0.717, 1.165) is 53.8 Å². The Morgan fingerprint density at radius 1 is 1.26 bits per heavy atom. The molecular weight excluding hydrogens is 338 g/mol. The van der Waals surface area contributed by atoms with E-state index in [1.165, 1.54) is 0 Å². The molecule has 0 bridgehead atoms. The minimum atomic E-state index is 0.000489. The average molecular weight is 367 g/mol. The molecule has 27 heavy (non-hydrogen) atoms. The van der Waals surface area contributed by atoms with E-state index in [2.05, 4.69) is 29.0 Å². The van der Waals surface area contributed by atoms with Gasteiger partial charge in [0.25, 0.3) is 5.91 Å². The number of aromatic nitrogens is 1. The van der Waals surface area contributed by atoms with Crippen LogP contribution in [0.25, 0.3) is 10.9 Å². The molecule has 2 fully saturated rings. The molecule has 144 valence electrons. The number of hydrogen-bond donors (Lipinski definition) is 1. The van der Waals surface area contributed by atoms with E-state index in [1.807, 2.05) is 38.1 Å². The first-order valence-corrected chi connectivity index (χ1v) is 9.95. The molecule has 1 N–H and O–H groups in total. The molecule has 1 amide bonds. The standard InChI is InChI=1S/C22H29N3O2/c1-13(2)21-11-25-10-16(9-17(25)12-27-21)24-22(26)19-8-15(4)23-20-7-14(3)5-6-18(19)20/h5-8,13,16-17,21H,9-12H2,1-4H3,(H,24,26)/t16-,17-,21-/m0/s1. The molecule has 3 atom stereocenters. The van der Waals surface area contributed by atoms with E-state index in [4.69, 9.17) is 4.74 Å². The fourth-order valence-electron chi connectivity index (χ4n) is 4.33. The highest BCUT2D eigenvalue weighted by molar-refractivity contribution is 6.06. The van der Waals surface area contributed by atoms with Crippen LogP contribution in [0.3, 0.4) is 0 Å². The molecule has 2 saturated heterocycles. The van der Waals surface area contributed by atoms with Crippen molar-refractivity contribution in [3.63, 3.8) is 0 Å². The van der Waals surface area contributed by atoms with Gasteiger partial charge in [-0.25, -0.2) is 0 Å². The van der Waals surface area contributed by atoms with E-state index >= 15 is 0 Å². The molecule has 5 heteroatoms. The van der Waals surface area contributed by atoms with Gasteiger partial charge in [0.1, 0.15) is 0 Å². The second kappa shape index (κ2) is 7.21. The minimum absolute atomic E-state index is 0.000489. The van der Waals surface area contributed by atoms with Crippen LogP contribution in [0.5, 0.6) is 0 Å². The van der Waals surface area contributed by atoms with Gasteiger partial charge in [-0.3, -0.25) is 14.7 Å². The quantitative estimate of drug-likeness (QED) is 0.906. The number of nitrogens with zero attached hydrogens (tertiary/aromatic N) is 2. The summed E-state index contributed by atoms with van der Waals surface area (Å²) in [5.41, 5.74) is 3.63. The van der Waals surface area contributed by atoms with Crippen LogP contribution < -0.4 is 5.32 Å². The first-order valence-electron chi connectivity index (χ1n) is 9.95. The zero-order valence-electron chi connectivity index (χ0n) is 16.7. The Morgan fingerprint density at radius 3 is 2.85 bits per heavy atom. The monoisotopic (exact) mass is 367 g/mol. The number of aryl methyl sites for hydroxylation is 2. The summed E-state index contributed by atoms with van der Waals surface area (Å²) in [4.78, 5) is 20.1. The second-order valence-electron chi connectivity index (χ2n) is 8.46. The van der Waals surface area contributed by atoms with E-state index in [9.17, 15) is 4.79 Å². The third-order valence-electron chi connectivity index (χ3n) is 5.86. The third kappa shape index (κ3) is 3.71. The van der Waals surface area contributed by atoms with Crippen molar-refractivity contribution in [3.05, 3.63) is 41.1 Å². The number of benzene rings is 1. The smallest absolute Gasteiger partial charge is 0.252 e. The molecule has 0 aliphatic carbocycles. The minimum Gasteiger partial charge on any atom is -0.375 e. The molecule has 5 nitrogen and oxygen atoms in total. The normalized spacial score (nSPS) is 25.7. The molecule has 1 aromatic heterocycles. The zero-order chi connectivity index (χ0) is 19.1. The topological polar surface area (TPSA) is 54.5 Å². The maximum Gasteiger partial charge on any atom is 0.252 e. The van der Waals surface area contributed by atoms with E-state index < -0.39 is 0 Å². The lowest BCUT2D eigenvalue weighted by molar-refractivity contribution is -0.0683. The van der Waals surface area contributed by atoms with Gasteiger partial charge in [0.15, 0.2) is 0 Å². The molecule has 0 radical (unpaired) electrons. The number of carbonyl (C=O) groups excluding carboxylic acids is 1. The largest absolute Gasteiger partial charge is 0.375 e. The number of carbonyl (C=O) groups is 1. The summed E-state index contributed by atoms with van der Waals surface area (Å²) >= 11 is 0. The van der Waals surface area contributed by atoms with Gasteiger partial charge in [0.05, 0.1) is 23.8 Å². The zero-order valence-corrected chi connectivity index (χ0v) is 16.7. The summed E-state index contributed by atoms with van der Waals surface area (Å²) < 4.78 is 6.01. The van der Waals surface area contributed by atoms with Crippen LogP contribution in [0.15, 0.2) is 24.3 Å². The van der Waals surface area contributed by atoms with Crippen LogP contribution in [0.4, 0.5) is 0 Å². The molecule has 1 aromatic carbocycles. The van der Waals surface area contributed by atoms with Crippen molar-refractivity contribution >= 4 is 16.8 Å².